The van der Waals surface area contributed by atoms with Gasteiger partial charge >= 0.3 is 12.5 Å². The van der Waals surface area contributed by atoms with E-state index in [1.165, 1.54) is 11.0 Å². The molecule has 1 aromatic rings. The van der Waals surface area contributed by atoms with Gasteiger partial charge in [-0.15, -0.1) is 0 Å². The number of hydrogen-bond donors (Lipinski definition) is 1. The molecule has 3 saturated heterocycles. The van der Waals surface area contributed by atoms with E-state index in [0.29, 0.717) is 45.0 Å². The molecule has 0 bridgehead atoms. The van der Waals surface area contributed by atoms with E-state index in [-0.39, 0.29) is 24.6 Å². The van der Waals surface area contributed by atoms with Crippen LogP contribution >= 0.6 is 0 Å². The maximum Gasteiger partial charge on any atom is 0.414 e. The molecule has 2 amide bonds. The molecule has 12 heteroatoms. The molecule has 31 heavy (non-hydrogen) atoms. The molecule has 1 aromatic carbocycles. The van der Waals surface area contributed by atoms with Gasteiger partial charge in [-0.1, -0.05) is 0 Å². The summed E-state index contributed by atoms with van der Waals surface area (Å²) in [6.07, 6.45) is -4.70. The number of rotatable bonds is 5. The summed E-state index contributed by atoms with van der Waals surface area (Å²) in [6, 6.07) is 4.41. The number of ether oxygens (including phenoxy) is 1. The second-order valence-electron chi connectivity index (χ2n) is 7.60. The number of hydrazine groups is 1. The average molecular weight is 441 g/mol. The predicted octanol–water partition coefficient (Wildman–Crippen LogP) is 0.454. The van der Waals surface area contributed by atoms with Gasteiger partial charge < -0.3 is 15.0 Å². The van der Waals surface area contributed by atoms with E-state index >= 15 is 0 Å². The number of benzene rings is 1. The SMILES string of the molecule is O=C1CN2CCN(c3ccc(N4CC(CNC(=O)C(F)F)OC4=O)cc3F)CCN2C1. The number of Topliss-reactive ketones (excluding diaryl/α,β-unsaturated/α-hetero) is 1. The fourth-order valence-corrected chi connectivity index (χ4v) is 3.97. The molecule has 3 aliphatic heterocycles. The smallest absolute Gasteiger partial charge is 0.414 e. The summed E-state index contributed by atoms with van der Waals surface area (Å²) in [7, 11) is 0. The Bertz CT molecular complexity index is 868. The first kappa shape index (κ1) is 21.4. The van der Waals surface area contributed by atoms with E-state index < -0.39 is 30.3 Å². The minimum absolute atomic E-state index is 0.00278. The van der Waals surface area contributed by atoms with Crippen LogP contribution in [0.15, 0.2) is 18.2 Å². The highest BCUT2D eigenvalue weighted by atomic mass is 19.3. The van der Waals surface area contributed by atoms with Crippen molar-refractivity contribution in [2.45, 2.75) is 12.5 Å². The van der Waals surface area contributed by atoms with Crippen LogP contribution in [0, 0.1) is 5.82 Å². The lowest BCUT2D eigenvalue weighted by atomic mass is 10.2. The molecule has 3 heterocycles. The van der Waals surface area contributed by atoms with Crippen LogP contribution in [0.2, 0.25) is 0 Å². The number of nitrogens with zero attached hydrogens (tertiary/aromatic N) is 4. The normalized spacial score (nSPS) is 22.6. The fourth-order valence-electron chi connectivity index (χ4n) is 3.97. The van der Waals surface area contributed by atoms with Crippen molar-refractivity contribution in [3.63, 3.8) is 0 Å². The number of cyclic esters (lactones) is 1. The average Bonchev–Trinajstić information content (AvgIpc) is 3.22. The van der Waals surface area contributed by atoms with Gasteiger partial charge in [-0.25, -0.2) is 19.2 Å². The van der Waals surface area contributed by atoms with E-state index in [1.54, 1.807) is 12.1 Å². The zero-order chi connectivity index (χ0) is 22.1. The molecule has 0 saturated carbocycles. The van der Waals surface area contributed by atoms with Crippen LogP contribution in [0.25, 0.3) is 0 Å². The van der Waals surface area contributed by atoms with Gasteiger partial charge in [0.05, 0.1) is 37.6 Å². The number of ketones is 1. The number of amides is 2. The Morgan fingerprint density at radius 2 is 1.81 bits per heavy atom. The van der Waals surface area contributed by atoms with Crippen LogP contribution in [0.1, 0.15) is 0 Å². The van der Waals surface area contributed by atoms with Gasteiger partial charge in [0, 0.05) is 26.2 Å². The van der Waals surface area contributed by atoms with Gasteiger partial charge in [0.2, 0.25) is 0 Å². The summed E-state index contributed by atoms with van der Waals surface area (Å²) in [4.78, 5) is 37.8. The number of carbonyl (C=O) groups excluding carboxylic acids is 3. The molecular formula is C19H22F3N5O4. The lowest BCUT2D eigenvalue weighted by Gasteiger charge is -2.24. The first-order chi connectivity index (χ1) is 14.8. The number of carbonyl (C=O) groups is 3. The summed E-state index contributed by atoms with van der Waals surface area (Å²) in [5, 5.41) is 5.95. The lowest BCUT2D eigenvalue weighted by Crippen LogP contribution is -2.37. The summed E-state index contributed by atoms with van der Waals surface area (Å²) in [5.41, 5.74) is 0.671. The zero-order valence-electron chi connectivity index (χ0n) is 16.6. The first-order valence-electron chi connectivity index (χ1n) is 9.92. The quantitative estimate of drug-likeness (QED) is 0.711. The molecular weight excluding hydrogens is 419 g/mol. The van der Waals surface area contributed by atoms with Gasteiger partial charge in [-0.3, -0.25) is 14.5 Å². The van der Waals surface area contributed by atoms with E-state index in [4.69, 9.17) is 4.74 Å². The van der Waals surface area contributed by atoms with Crippen molar-refractivity contribution in [3.8, 4) is 0 Å². The minimum atomic E-state index is -3.15. The van der Waals surface area contributed by atoms with Crippen molar-refractivity contribution in [1.82, 2.24) is 15.3 Å². The monoisotopic (exact) mass is 441 g/mol. The van der Waals surface area contributed by atoms with Crippen LogP contribution in [-0.2, 0) is 14.3 Å². The molecule has 9 nitrogen and oxygen atoms in total. The van der Waals surface area contributed by atoms with Crippen LogP contribution in [0.4, 0.5) is 29.3 Å². The van der Waals surface area contributed by atoms with Crippen LogP contribution in [0.5, 0.6) is 0 Å². The van der Waals surface area contributed by atoms with Crippen molar-refractivity contribution in [2.75, 3.05) is 62.2 Å². The summed E-state index contributed by atoms with van der Waals surface area (Å²) in [6.45, 7) is 2.83. The highest BCUT2D eigenvalue weighted by molar-refractivity contribution is 5.90. The number of nitrogens with one attached hydrogen (secondary N) is 1. The Kier molecular flexibility index (Phi) is 6.01. The van der Waals surface area contributed by atoms with E-state index in [9.17, 15) is 27.6 Å². The topological polar surface area (TPSA) is 85.4 Å². The van der Waals surface area contributed by atoms with Gasteiger partial charge in [-0.2, -0.15) is 8.78 Å². The number of hydrogen-bond acceptors (Lipinski definition) is 7. The van der Waals surface area contributed by atoms with Crippen molar-refractivity contribution < 1.29 is 32.3 Å². The molecule has 0 aliphatic carbocycles. The van der Waals surface area contributed by atoms with E-state index in [0.717, 1.165) is 0 Å². The Labute approximate surface area is 176 Å². The van der Waals surface area contributed by atoms with Crippen molar-refractivity contribution in [3.05, 3.63) is 24.0 Å². The predicted molar refractivity (Wildman–Crippen MR) is 103 cm³/mol. The number of anilines is 2. The maximum absolute atomic E-state index is 14.9. The van der Waals surface area contributed by atoms with Crippen molar-refractivity contribution >= 4 is 29.2 Å². The van der Waals surface area contributed by atoms with Crippen molar-refractivity contribution in [1.29, 1.82) is 0 Å². The van der Waals surface area contributed by atoms with Gasteiger partial charge in [0.25, 0.3) is 5.91 Å². The largest absolute Gasteiger partial charge is 0.442 e. The summed E-state index contributed by atoms with van der Waals surface area (Å²) in [5.74, 6) is -1.77. The number of alkyl halides is 2. The van der Waals surface area contributed by atoms with Crippen molar-refractivity contribution in [2.24, 2.45) is 0 Å². The molecule has 3 aliphatic rings. The van der Waals surface area contributed by atoms with Gasteiger partial charge in [-0.05, 0) is 18.2 Å². The van der Waals surface area contributed by atoms with Crippen LogP contribution in [0.3, 0.4) is 0 Å². The number of fused-ring (bicyclic) bond motifs is 1. The Morgan fingerprint density at radius 1 is 1.13 bits per heavy atom. The molecule has 168 valence electrons. The fraction of sp³-hybridized carbons (Fsp3) is 0.526. The second-order valence-corrected chi connectivity index (χ2v) is 7.60. The Balaban J connectivity index is 1.39. The maximum atomic E-state index is 14.9. The van der Waals surface area contributed by atoms with E-state index in [1.807, 2.05) is 20.2 Å². The molecule has 1 N–H and O–H groups in total. The van der Waals surface area contributed by atoms with Gasteiger partial charge in [0.15, 0.2) is 5.78 Å². The lowest BCUT2D eigenvalue weighted by molar-refractivity contribution is -0.132. The summed E-state index contributed by atoms with van der Waals surface area (Å²) < 4.78 is 44.5. The molecule has 3 fully saturated rings. The zero-order valence-corrected chi connectivity index (χ0v) is 16.6. The molecule has 0 radical (unpaired) electrons. The molecule has 1 atom stereocenters. The van der Waals surface area contributed by atoms with Crippen LogP contribution in [-0.4, -0.2) is 92.7 Å². The van der Waals surface area contributed by atoms with Gasteiger partial charge in [0.1, 0.15) is 11.9 Å². The number of halogens is 3. The van der Waals surface area contributed by atoms with E-state index in [2.05, 4.69) is 0 Å². The third kappa shape index (κ3) is 4.59. The molecule has 1 unspecified atom stereocenters. The standard InChI is InChI=1S/C19H22F3N5O4/c20-15-7-12(27-11-14(31-19(27)30)8-23-18(29)17(21)22)1-2-16(15)24-3-5-25-9-13(28)10-26(25)6-4-24/h1-2,7,14,17H,3-6,8-11H2,(H,23,29). The third-order valence-electron chi connectivity index (χ3n) is 5.53. The minimum Gasteiger partial charge on any atom is -0.442 e. The highest BCUT2D eigenvalue weighted by Gasteiger charge is 2.34. The highest BCUT2D eigenvalue weighted by Crippen LogP contribution is 2.28. The summed E-state index contributed by atoms with van der Waals surface area (Å²) >= 11 is 0. The molecule has 0 aromatic heterocycles. The molecule has 4 rings (SSSR count). The third-order valence-corrected chi connectivity index (χ3v) is 5.53. The van der Waals surface area contributed by atoms with Crippen LogP contribution < -0.4 is 15.1 Å². The Morgan fingerprint density at radius 3 is 2.42 bits per heavy atom. The molecule has 0 spiro atoms. The first-order valence-corrected chi connectivity index (χ1v) is 9.92. The second kappa shape index (κ2) is 8.71. The Hall–Kier alpha value is -2.86.